The van der Waals surface area contributed by atoms with Gasteiger partial charge in [0.05, 0.1) is 6.61 Å². The summed E-state index contributed by atoms with van der Waals surface area (Å²) in [5.41, 5.74) is 0. The average Bonchev–Trinajstić information content (AvgIpc) is 2.76. The second kappa shape index (κ2) is 7.25. The van der Waals surface area contributed by atoms with Crippen LogP contribution >= 0.6 is 0 Å². The summed E-state index contributed by atoms with van der Waals surface area (Å²) in [6.45, 7) is 8.81. The van der Waals surface area contributed by atoms with Crippen LogP contribution in [0.3, 0.4) is 0 Å². The number of likely N-dealkylation sites (N-methyl/N-ethyl adjacent to an activating group) is 1. The van der Waals surface area contributed by atoms with Gasteiger partial charge in [0.25, 0.3) is 0 Å². The summed E-state index contributed by atoms with van der Waals surface area (Å²) < 4.78 is 0. The Balaban J connectivity index is 2.39. The van der Waals surface area contributed by atoms with E-state index in [1.807, 2.05) is 0 Å². The van der Waals surface area contributed by atoms with Crippen molar-refractivity contribution in [2.45, 2.75) is 64.6 Å². The van der Waals surface area contributed by atoms with Gasteiger partial charge in [0.1, 0.15) is 0 Å². The molecular formula is C13H28N2O. The van der Waals surface area contributed by atoms with Gasteiger partial charge >= 0.3 is 0 Å². The Hall–Kier alpha value is -0.120. The lowest BCUT2D eigenvalue weighted by atomic mass is 10.1. The molecule has 0 bridgehead atoms. The Bertz CT molecular complexity index is 179. The van der Waals surface area contributed by atoms with E-state index in [2.05, 4.69) is 31.0 Å². The zero-order valence-corrected chi connectivity index (χ0v) is 11.1. The van der Waals surface area contributed by atoms with E-state index in [0.717, 1.165) is 19.1 Å². The molecule has 1 aliphatic rings. The van der Waals surface area contributed by atoms with Crippen LogP contribution in [-0.4, -0.2) is 47.8 Å². The highest BCUT2D eigenvalue weighted by Gasteiger charge is 2.23. The summed E-state index contributed by atoms with van der Waals surface area (Å²) in [7, 11) is 0. The molecule has 3 nitrogen and oxygen atoms in total. The van der Waals surface area contributed by atoms with Crippen LogP contribution < -0.4 is 5.32 Å². The summed E-state index contributed by atoms with van der Waals surface area (Å²) in [5, 5.41) is 12.8. The van der Waals surface area contributed by atoms with E-state index >= 15 is 0 Å². The van der Waals surface area contributed by atoms with Crippen molar-refractivity contribution in [1.29, 1.82) is 0 Å². The Labute approximate surface area is 100 Å². The van der Waals surface area contributed by atoms with Gasteiger partial charge in [-0.3, -0.25) is 4.90 Å². The van der Waals surface area contributed by atoms with E-state index in [0.29, 0.717) is 6.04 Å². The fourth-order valence-corrected chi connectivity index (χ4v) is 2.72. The van der Waals surface area contributed by atoms with Gasteiger partial charge in [-0.15, -0.1) is 0 Å². The monoisotopic (exact) mass is 228 g/mol. The second-order valence-electron chi connectivity index (χ2n) is 5.23. The Morgan fingerprint density at radius 1 is 1.31 bits per heavy atom. The van der Waals surface area contributed by atoms with Crippen molar-refractivity contribution in [3.63, 3.8) is 0 Å². The number of hydrogen-bond acceptors (Lipinski definition) is 3. The molecule has 0 heterocycles. The van der Waals surface area contributed by atoms with Gasteiger partial charge in [0.2, 0.25) is 0 Å². The van der Waals surface area contributed by atoms with E-state index < -0.39 is 0 Å². The second-order valence-corrected chi connectivity index (χ2v) is 5.23. The van der Waals surface area contributed by atoms with Crippen LogP contribution in [0.1, 0.15) is 46.5 Å². The van der Waals surface area contributed by atoms with Crippen LogP contribution in [0.4, 0.5) is 0 Å². The van der Waals surface area contributed by atoms with Gasteiger partial charge in [-0.25, -0.2) is 0 Å². The smallest absolute Gasteiger partial charge is 0.0597 e. The predicted molar refractivity (Wildman–Crippen MR) is 68.6 cm³/mol. The summed E-state index contributed by atoms with van der Waals surface area (Å²) in [6.07, 6.45) is 5.44. The molecule has 1 aliphatic carbocycles. The average molecular weight is 228 g/mol. The van der Waals surface area contributed by atoms with Gasteiger partial charge in [0.15, 0.2) is 0 Å². The molecular weight excluding hydrogens is 200 g/mol. The van der Waals surface area contributed by atoms with Crippen molar-refractivity contribution in [1.82, 2.24) is 10.2 Å². The largest absolute Gasteiger partial charge is 0.395 e. The van der Waals surface area contributed by atoms with Crippen LogP contribution in [0.25, 0.3) is 0 Å². The minimum Gasteiger partial charge on any atom is -0.395 e. The number of aliphatic hydroxyl groups excluding tert-OH is 1. The van der Waals surface area contributed by atoms with Crippen LogP contribution in [0.5, 0.6) is 0 Å². The molecule has 0 aromatic rings. The molecule has 0 spiro atoms. The molecule has 0 aromatic heterocycles. The van der Waals surface area contributed by atoms with Gasteiger partial charge in [-0.1, -0.05) is 33.6 Å². The molecule has 96 valence electrons. The standard InChI is InChI=1S/C13H28N2O/c1-4-15(13-7-5-6-8-13)9-12(10-16)14-11(2)3/h11-14,16H,4-10H2,1-3H3. The quantitative estimate of drug-likeness (QED) is 0.695. The summed E-state index contributed by atoms with van der Waals surface area (Å²) in [5.74, 6) is 0. The van der Waals surface area contributed by atoms with E-state index in [-0.39, 0.29) is 12.6 Å². The van der Waals surface area contributed by atoms with Crippen molar-refractivity contribution in [3.8, 4) is 0 Å². The molecule has 1 unspecified atom stereocenters. The van der Waals surface area contributed by atoms with Crippen molar-refractivity contribution in [3.05, 3.63) is 0 Å². The molecule has 1 saturated carbocycles. The fraction of sp³-hybridized carbons (Fsp3) is 1.00. The van der Waals surface area contributed by atoms with E-state index in [1.165, 1.54) is 25.7 Å². The highest BCUT2D eigenvalue weighted by Crippen LogP contribution is 2.23. The molecule has 1 rings (SSSR count). The van der Waals surface area contributed by atoms with Gasteiger partial charge in [0, 0.05) is 24.7 Å². The summed E-state index contributed by atoms with van der Waals surface area (Å²) >= 11 is 0. The zero-order valence-electron chi connectivity index (χ0n) is 11.1. The number of rotatable bonds is 7. The van der Waals surface area contributed by atoms with Crippen LogP contribution in [0, 0.1) is 0 Å². The Morgan fingerprint density at radius 3 is 2.38 bits per heavy atom. The summed E-state index contributed by atoms with van der Waals surface area (Å²) in [4.78, 5) is 2.53. The molecule has 1 fully saturated rings. The molecule has 3 heteroatoms. The first kappa shape index (κ1) is 13.9. The maximum atomic E-state index is 9.37. The Kier molecular flexibility index (Phi) is 6.32. The minimum atomic E-state index is 0.223. The SMILES string of the molecule is CCN(CC(CO)NC(C)C)C1CCCC1. The summed E-state index contributed by atoms with van der Waals surface area (Å²) in [6, 6.07) is 1.42. The predicted octanol–water partition coefficient (Wildman–Crippen LogP) is 1.61. The molecule has 1 atom stereocenters. The normalized spacial score (nSPS) is 19.9. The van der Waals surface area contributed by atoms with Crippen LogP contribution in [-0.2, 0) is 0 Å². The number of aliphatic hydroxyl groups is 1. The third kappa shape index (κ3) is 4.40. The highest BCUT2D eigenvalue weighted by atomic mass is 16.3. The van der Waals surface area contributed by atoms with Crippen molar-refractivity contribution in [2.24, 2.45) is 0 Å². The topological polar surface area (TPSA) is 35.5 Å². The highest BCUT2D eigenvalue weighted by molar-refractivity contribution is 4.81. The third-order valence-corrected chi connectivity index (χ3v) is 3.49. The van der Waals surface area contributed by atoms with Crippen molar-refractivity contribution < 1.29 is 5.11 Å². The lowest BCUT2D eigenvalue weighted by molar-refractivity contribution is 0.146. The molecule has 0 aromatic carbocycles. The van der Waals surface area contributed by atoms with Gasteiger partial charge in [-0.2, -0.15) is 0 Å². The first-order chi connectivity index (χ1) is 7.67. The molecule has 16 heavy (non-hydrogen) atoms. The fourth-order valence-electron chi connectivity index (χ4n) is 2.72. The first-order valence-electron chi connectivity index (χ1n) is 6.78. The van der Waals surface area contributed by atoms with E-state index in [1.54, 1.807) is 0 Å². The van der Waals surface area contributed by atoms with Crippen LogP contribution in [0.15, 0.2) is 0 Å². The van der Waals surface area contributed by atoms with Crippen molar-refractivity contribution in [2.75, 3.05) is 19.7 Å². The molecule has 0 radical (unpaired) electrons. The maximum Gasteiger partial charge on any atom is 0.0597 e. The van der Waals surface area contributed by atoms with E-state index in [4.69, 9.17) is 0 Å². The maximum absolute atomic E-state index is 9.37. The van der Waals surface area contributed by atoms with Crippen LogP contribution in [0.2, 0.25) is 0 Å². The van der Waals surface area contributed by atoms with Gasteiger partial charge < -0.3 is 10.4 Å². The third-order valence-electron chi connectivity index (χ3n) is 3.49. The minimum absolute atomic E-state index is 0.223. The number of nitrogens with one attached hydrogen (secondary N) is 1. The Morgan fingerprint density at radius 2 is 1.94 bits per heavy atom. The first-order valence-corrected chi connectivity index (χ1v) is 6.78. The van der Waals surface area contributed by atoms with E-state index in [9.17, 15) is 5.11 Å². The number of nitrogens with zero attached hydrogens (tertiary/aromatic N) is 1. The molecule has 0 aliphatic heterocycles. The molecule has 0 saturated heterocycles. The van der Waals surface area contributed by atoms with Crippen molar-refractivity contribution >= 4 is 0 Å². The lowest BCUT2D eigenvalue weighted by Crippen LogP contribution is -2.48. The lowest BCUT2D eigenvalue weighted by Gasteiger charge is -2.32. The zero-order chi connectivity index (χ0) is 12.0. The number of hydrogen-bond donors (Lipinski definition) is 2. The molecule has 2 N–H and O–H groups in total. The van der Waals surface area contributed by atoms with Gasteiger partial charge in [-0.05, 0) is 19.4 Å². The molecule has 0 amide bonds.